The van der Waals surface area contributed by atoms with Crippen molar-refractivity contribution in [2.75, 3.05) is 6.61 Å². The smallest absolute Gasteiger partial charge is 0.330 e. The number of aromatic amines is 1. The van der Waals surface area contributed by atoms with E-state index in [2.05, 4.69) is 9.72 Å². The number of fused-ring (bicyclic) bond motifs is 1. The van der Waals surface area contributed by atoms with Crippen LogP contribution in [0, 0.1) is 0 Å². The average Bonchev–Trinajstić information content (AvgIpc) is 2.54. The van der Waals surface area contributed by atoms with E-state index in [9.17, 15) is 19.5 Å². The van der Waals surface area contributed by atoms with Gasteiger partial charge in [-0.3, -0.25) is 9.59 Å². The Morgan fingerprint density at radius 2 is 2.14 bits per heavy atom. The number of rotatable bonds is 3. The minimum atomic E-state index is -0.863. The molecular weight excluding hydrogens is 310 g/mol. The van der Waals surface area contributed by atoms with Crippen molar-refractivity contribution in [2.24, 2.45) is 0 Å². The van der Waals surface area contributed by atoms with Crippen molar-refractivity contribution in [1.29, 1.82) is 0 Å². The Hall–Kier alpha value is -2.60. The van der Waals surface area contributed by atoms with Gasteiger partial charge in [-0.25, -0.2) is 4.79 Å². The van der Waals surface area contributed by atoms with Crippen molar-refractivity contribution in [1.82, 2.24) is 4.98 Å². The second kappa shape index (κ2) is 6.44. The van der Waals surface area contributed by atoms with Gasteiger partial charge in [0.25, 0.3) is 5.56 Å². The summed E-state index contributed by atoms with van der Waals surface area (Å²) in [5.41, 5.74) is -1.58. The van der Waals surface area contributed by atoms with Crippen LogP contribution >= 0.6 is 11.6 Å². The molecule has 0 aliphatic rings. The van der Waals surface area contributed by atoms with Gasteiger partial charge in [0.2, 0.25) is 0 Å². The van der Waals surface area contributed by atoms with Crippen LogP contribution in [0.3, 0.4) is 0 Å². The molecule has 7 heteroatoms. The summed E-state index contributed by atoms with van der Waals surface area (Å²) in [6.07, 6.45) is 2.03. The number of aromatic hydroxyl groups is 1. The number of ether oxygens (including phenoxy) is 1. The third-order valence-corrected chi connectivity index (χ3v) is 3.10. The molecule has 0 saturated heterocycles. The number of nitrogens with one attached hydrogen (secondary N) is 1. The maximum atomic E-state index is 12.4. The molecule has 2 rings (SSSR count). The van der Waals surface area contributed by atoms with Crippen LogP contribution in [-0.4, -0.2) is 22.7 Å². The van der Waals surface area contributed by atoms with Gasteiger partial charge >= 0.3 is 5.97 Å². The molecule has 0 aliphatic heterocycles. The molecule has 0 radical (unpaired) electrons. The highest BCUT2D eigenvalue weighted by atomic mass is 35.5. The highest BCUT2D eigenvalue weighted by molar-refractivity contribution is 6.31. The number of esters is 1. The summed E-state index contributed by atoms with van der Waals surface area (Å²) in [5.74, 6) is -1.46. The predicted octanol–water partition coefficient (Wildman–Crippen LogP) is 1.82. The summed E-state index contributed by atoms with van der Waals surface area (Å²) in [4.78, 5) is 38.0. The summed E-state index contributed by atoms with van der Waals surface area (Å²) in [6.45, 7) is 1.80. The Morgan fingerprint density at radius 3 is 2.82 bits per heavy atom. The molecule has 2 aromatic rings. The van der Waals surface area contributed by atoms with E-state index in [1.807, 2.05) is 0 Å². The quantitative estimate of drug-likeness (QED) is 0.664. The van der Waals surface area contributed by atoms with Crippen LogP contribution in [0.5, 0.6) is 5.75 Å². The summed E-state index contributed by atoms with van der Waals surface area (Å²) < 4.78 is 4.69. The zero-order valence-electron chi connectivity index (χ0n) is 11.6. The lowest BCUT2D eigenvalue weighted by Gasteiger charge is -1.95. The molecule has 0 amide bonds. The van der Waals surface area contributed by atoms with Crippen molar-refractivity contribution < 1.29 is 14.6 Å². The minimum absolute atomic E-state index is 0.158. The number of carbonyl (C=O) groups excluding carboxylic acids is 1. The molecule has 22 heavy (non-hydrogen) atoms. The van der Waals surface area contributed by atoms with Crippen LogP contribution in [-0.2, 0) is 9.53 Å². The number of carbonyl (C=O) groups is 1. The molecule has 0 bridgehead atoms. The topological polar surface area (TPSA) is 96.5 Å². The third-order valence-electron chi connectivity index (χ3n) is 2.86. The molecule has 1 aromatic heterocycles. The second-order valence-electron chi connectivity index (χ2n) is 4.32. The van der Waals surface area contributed by atoms with E-state index >= 15 is 0 Å². The van der Waals surface area contributed by atoms with E-state index in [0.717, 1.165) is 12.2 Å². The van der Waals surface area contributed by atoms with Crippen molar-refractivity contribution in [3.05, 3.63) is 55.4 Å². The van der Waals surface area contributed by atoms with Crippen molar-refractivity contribution >= 4 is 34.5 Å². The Labute approximate surface area is 129 Å². The molecule has 2 N–H and O–H groups in total. The van der Waals surface area contributed by atoms with E-state index in [0.29, 0.717) is 5.02 Å². The maximum Gasteiger partial charge on any atom is 0.330 e. The van der Waals surface area contributed by atoms with Gasteiger partial charge in [0, 0.05) is 16.5 Å². The molecule has 6 nitrogen and oxygen atoms in total. The zero-order chi connectivity index (χ0) is 16.3. The van der Waals surface area contributed by atoms with Crippen LogP contribution in [0.2, 0.25) is 5.02 Å². The minimum Gasteiger partial charge on any atom is -0.503 e. The number of benzene rings is 1. The molecule has 114 valence electrons. The van der Waals surface area contributed by atoms with Crippen molar-refractivity contribution in [3.63, 3.8) is 0 Å². The Morgan fingerprint density at radius 1 is 1.41 bits per heavy atom. The van der Waals surface area contributed by atoms with Crippen LogP contribution in [0.4, 0.5) is 0 Å². The first-order valence-electron chi connectivity index (χ1n) is 6.37. The molecule has 1 aromatic carbocycles. The Kier molecular flexibility index (Phi) is 4.62. The predicted molar refractivity (Wildman–Crippen MR) is 83.2 cm³/mol. The zero-order valence-corrected chi connectivity index (χ0v) is 12.3. The lowest BCUT2D eigenvalue weighted by molar-refractivity contribution is -0.137. The van der Waals surface area contributed by atoms with Gasteiger partial charge in [0.1, 0.15) is 0 Å². The lowest BCUT2D eigenvalue weighted by Crippen LogP contribution is -2.06. The SMILES string of the molecule is CCOC(=O)/C=C/c1c(O)c(=O)[nH]c2cc(Cl)ccc2c1=O. The fourth-order valence-corrected chi connectivity index (χ4v) is 2.04. The van der Waals surface area contributed by atoms with E-state index < -0.39 is 22.7 Å². The number of hydrogen-bond donors (Lipinski definition) is 2. The summed E-state index contributed by atoms with van der Waals surface area (Å²) in [7, 11) is 0. The summed E-state index contributed by atoms with van der Waals surface area (Å²) in [6, 6.07) is 4.31. The van der Waals surface area contributed by atoms with Gasteiger partial charge in [-0.15, -0.1) is 0 Å². The Balaban J connectivity index is 2.75. The lowest BCUT2D eigenvalue weighted by atomic mass is 10.1. The second-order valence-corrected chi connectivity index (χ2v) is 4.76. The van der Waals surface area contributed by atoms with Gasteiger partial charge in [0.05, 0.1) is 17.7 Å². The first-order valence-corrected chi connectivity index (χ1v) is 6.75. The van der Waals surface area contributed by atoms with E-state index in [1.165, 1.54) is 18.2 Å². The van der Waals surface area contributed by atoms with Crippen LogP contribution in [0.25, 0.3) is 17.0 Å². The maximum absolute atomic E-state index is 12.4. The van der Waals surface area contributed by atoms with E-state index in [-0.39, 0.29) is 23.1 Å². The van der Waals surface area contributed by atoms with Gasteiger partial charge in [-0.1, -0.05) is 11.6 Å². The average molecular weight is 322 g/mol. The molecular formula is C15H12ClNO5. The van der Waals surface area contributed by atoms with Gasteiger partial charge in [0.15, 0.2) is 11.2 Å². The van der Waals surface area contributed by atoms with Gasteiger partial charge < -0.3 is 14.8 Å². The number of aromatic nitrogens is 1. The highest BCUT2D eigenvalue weighted by Gasteiger charge is 2.11. The van der Waals surface area contributed by atoms with Crippen LogP contribution in [0.1, 0.15) is 12.5 Å². The monoisotopic (exact) mass is 321 g/mol. The number of hydrogen-bond acceptors (Lipinski definition) is 5. The number of halogens is 1. The van der Waals surface area contributed by atoms with Gasteiger partial charge in [-0.05, 0) is 31.2 Å². The normalized spacial score (nSPS) is 11.0. The molecule has 0 atom stereocenters. The van der Waals surface area contributed by atoms with E-state index in [1.54, 1.807) is 6.92 Å². The third kappa shape index (κ3) is 3.17. The molecule has 0 fully saturated rings. The molecule has 0 spiro atoms. The number of H-pyrrole nitrogens is 1. The summed E-state index contributed by atoms with van der Waals surface area (Å²) in [5, 5.41) is 10.4. The molecule has 0 saturated carbocycles. The van der Waals surface area contributed by atoms with Crippen LogP contribution < -0.4 is 11.0 Å². The van der Waals surface area contributed by atoms with E-state index in [4.69, 9.17) is 11.6 Å². The van der Waals surface area contributed by atoms with Crippen LogP contribution in [0.15, 0.2) is 33.9 Å². The fraction of sp³-hybridized carbons (Fsp3) is 0.133. The largest absolute Gasteiger partial charge is 0.503 e. The molecule has 0 unspecified atom stereocenters. The van der Waals surface area contributed by atoms with Crippen molar-refractivity contribution in [3.8, 4) is 5.75 Å². The first-order chi connectivity index (χ1) is 10.4. The molecule has 1 heterocycles. The highest BCUT2D eigenvalue weighted by Crippen LogP contribution is 2.16. The molecule has 0 aliphatic carbocycles. The van der Waals surface area contributed by atoms with Crippen molar-refractivity contribution in [2.45, 2.75) is 6.92 Å². The fourth-order valence-electron chi connectivity index (χ4n) is 1.87. The summed E-state index contributed by atoms with van der Waals surface area (Å²) >= 11 is 5.82. The Bertz CT molecular complexity index is 885. The first kappa shape index (κ1) is 15.8. The standard InChI is InChI=1S/C15H12ClNO5/c1-2-22-12(18)6-5-10-13(19)9-4-3-8(16)7-11(9)17-15(21)14(10)20/h3-7,20H,2H2,1H3,(H,17,21)/b6-5+. The van der Waals surface area contributed by atoms with Gasteiger partial charge in [-0.2, -0.15) is 0 Å².